The van der Waals surface area contributed by atoms with Crippen LogP contribution in [0, 0.1) is 0 Å². The topological polar surface area (TPSA) is 54.0 Å². The molecular formula is C13H18O5. The molecule has 5 nitrogen and oxygen atoms in total. The lowest BCUT2D eigenvalue weighted by Crippen LogP contribution is -2.12. The molecule has 5 heteroatoms. The fraction of sp³-hybridized carbons (Fsp3) is 0.462. The molecule has 0 saturated carbocycles. The summed E-state index contributed by atoms with van der Waals surface area (Å²) in [6.07, 6.45) is 0. The fourth-order valence-corrected chi connectivity index (χ4v) is 1.36. The number of carbonyl (C=O) groups is 1. The summed E-state index contributed by atoms with van der Waals surface area (Å²) in [7, 11) is 4.66. The molecule has 1 aromatic rings. The van der Waals surface area contributed by atoms with E-state index in [1.807, 2.05) is 0 Å². The van der Waals surface area contributed by atoms with Crippen LogP contribution >= 0.6 is 0 Å². The van der Waals surface area contributed by atoms with E-state index in [0.717, 1.165) is 0 Å². The lowest BCUT2D eigenvalue weighted by molar-refractivity contribution is 0.0576. The molecule has 0 saturated heterocycles. The van der Waals surface area contributed by atoms with Crippen molar-refractivity contribution in [3.63, 3.8) is 0 Å². The third-order valence-electron chi connectivity index (χ3n) is 2.34. The Morgan fingerprint density at radius 1 is 1.00 bits per heavy atom. The highest BCUT2D eigenvalue weighted by molar-refractivity contribution is 5.97. The molecular weight excluding hydrogens is 236 g/mol. The molecule has 0 aliphatic rings. The zero-order valence-electron chi connectivity index (χ0n) is 10.9. The lowest BCUT2D eigenvalue weighted by Gasteiger charge is -2.08. The minimum atomic E-state index is -0.122. The van der Waals surface area contributed by atoms with Crippen molar-refractivity contribution in [3.8, 4) is 11.5 Å². The van der Waals surface area contributed by atoms with Gasteiger partial charge in [0.05, 0.1) is 27.4 Å². The van der Waals surface area contributed by atoms with Crippen molar-refractivity contribution in [2.24, 2.45) is 0 Å². The Kier molecular flexibility index (Phi) is 6.18. The van der Waals surface area contributed by atoms with E-state index in [9.17, 15) is 4.79 Å². The van der Waals surface area contributed by atoms with E-state index in [1.54, 1.807) is 25.3 Å². The summed E-state index contributed by atoms with van der Waals surface area (Å²) >= 11 is 0. The standard InChI is InChI=1S/C13H18O5/c1-15-4-5-18-9-13(14)10-6-11(16-2)8-12(7-10)17-3/h6-8H,4-5,9H2,1-3H3. The van der Waals surface area contributed by atoms with Gasteiger partial charge in [-0.15, -0.1) is 0 Å². The van der Waals surface area contributed by atoms with Crippen LogP contribution in [0.2, 0.25) is 0 Å². The van der Waals surface area contributed by atoms with Crippen molar-refractivity contribution >= 4 is 5.78 Å². The lowest BCUT2D eigenvalue weighted by atomic mass is 10.1. The maximum Gasteiger partial charge on any atom is 0.188 e. The SMILES string of the molecule is COCCOCC(=O)c1cc(OC)cc(OC)c1. The molecule has 0 amide bonds. The minimum absolute atomic E-state index is 0.0136. The Morgan fingerprint density at radius 2 is 1.61 bits per heavy atom. The summed E-state index contributed by atoms with van der Waals surface area (Å²) in [5.41, 5.74) is 0.503. The third kappa shape index (κ3) is 4.35. The highest BCUT2D eigenvalue weighted by atomic mass is 16.5. The summed E-state index contributed by atoms with van der Waals surface area (Å²) in [5, 5.41) is 0. The van der Waals surface area contributed by atoms with E-state index >= 15 is 0 Å². The summed E-state index contributed by atoms with van der Waals surface area (Å²) in [5.74, 6) is 1.03. The van der Waals surface area contributed by atoms with Gasteiger partial charge in [0.1, 0.15) is 18.1 Å². The zero-order chi connectivity index (χ0) is 13.4. The Balaban J connectivity index is 2.66. The summed E-state index contributed by atoms with van der Waals surface area (Å²) in [6.45, 7) is 0.873. The second kappa shape index (κ2) is 7.68. The maximum absolute atomic E-state index is 11.9. The van der Waals surface area contributed by atoms with Crippen LogP contribution in [0.1, 0.15) is 10.4 Å². The number of hydrogen-bond acceptors (Lipinski definition) is 5. The molecule has 0 fully saturated rings. The monoisotopic (exact) mass is 254 g/mol. The van der Waals surface area contributed by atoms with E-state index in [4.69, 9.17) is 18.9 Å². The fourth-order valence-electron chi connectivity index (χ4n) is 1.36. The number of carbonyl (C=O) groups excluding carboxylic acids is 1. The molecule has 0 N–H and O–H groups in total. The van der Waals surface area contributed by atoms with Crippen molar-refractivity contribution in [1.82, 2.24) is 0 Å². The van der Waals surface area contributed by atoms with Gasteiger partial charge in [-0.2, -0.15) is 0 Å². The number of ether oxygens (including phenoxy) is 4. The molecule has 0 atom stereocenters. The Hall–Kier alpha value is -1.59. The molecule has 100 valence electrons. The molecule has 1 rings (SSSR count). The second-order valence-corrected chi connectivity index (χ2v) is 3.57. The average Bonchev–Trinajstić information content (AvgIpc) is 2.42. The van der Waals surface area contributed by atoms with Crippen LogP contribution in [-0.4, -0.2) is 46.9 Å². The molecule has 18 heavy (non-hydrogen) atoms. The van der Waals surface area contributed by atoms with Crippen molar-refractivity contribution in [2.75, 3.05) is 41.2 Å². The predicted octanol–water partition coefficient (Wildman–Crippen LogP) is 1.55. The number of methoxy groups -OCH3 is 3. The van der Waals surface area contributed by atoms with Gasteiger partial charge in [-0.1, -0.05) is 0 Å². The maximum atomic E-state index is 11.9. The van der Waals surface area contributed by atoms with E-state index in [2.05, 4.69) is 0 Å². The number of rotatable bonds is 8. The normalized spacial score (nSPS) is 10.2. The van der Waals surface area contributed by atoms with Gasteiger partial charge in [-0.3, -0.25) is 4.79 Å². The molecule has 0 aromatic heterocycles. The van der Waals surface area contributed by atoms with Gasteiger partial charge in [-0.05, 0) is 12.1 Å². The molecule has 0 aliphatic heterocycles. The van der Waals surface area contributed by atoms with Gasteiger partial charge in [0.15, 0.2) is 5.78 Å². The van der Waals surface area contributed by atoms with Crippen molar-refractivity contribution in [1.29, 1.82) is 0 Å². The van der Waals surface area contributed by atoms with E-state index in [1.165, 1.54) is 14.2 Å². The summed E-state index contributed by atoms with van der Waals surface area (Å²) in [4.78, 5) is 11.9. The number of hydrogen-bond donors (Lipinski definition) is 0. The van der Waals surface area contributed by atoms with Crippen molar-refractivity contribution in [3.05, 3.63) is 23.8 Å². The van der Waals surface area contributed by atoms with Gasteiger partial charge in [-0.25, -0.2) is 0 Å². The molecule has 1 aromatic carbocycles. The number of ketones is 1. The molecule has 0 spiro atoms. The third-order valence-corrected chi connectivity index (χ3v) is 2.34. The van der Waals surface area contributed by atoms with Crippen LogP contribution in [0.15, 0.2) is 18.2 Å². The summed E-state index contributed by atoms with van der Waals surface area (Å²) < 4.78 is 20.2. The van der Waals surface area contributed by atoms with Crippen molar-refractivity contribution in [2.45, 2.75) is 0 Å². The van der Waals surface area contributed by atoms with Crippen molar-refractivity contribution < 1.29 is 23.7 Å². The first-order chi connectivity index (χ1) is 8.71. The zero-order valence-corrected chi connectivity index (χ0v) is 10.9. The molecule has 0 unspecified atom stereocenters. The highest BCUT2D eigenvalue weighted by Crippen LogP contribution is 2.22. The smallest absolute Gasteiger partial charge is 0.188 e. The highest BCUT2D eigenvalue weighted by Gasteiger charge is 2.10. The van der Waals surface area contributed by atoms with E-state index in [0.29, 0.717) is 30.3 Å². The Morgan fingerprint density at radius 3 is 2.11 bits per heavy atom. The molecule has 0 radical (unpaired) electrons. The first-order valence-electron chi connectivity index (χ1n) is 5.54. The Labute approximate surface area is 107 Å². The molecule has 0 heterocycles. The van der Waals surface area contributed by atoms with Gasteiger partial charge in [0.25, 0.3) is 0 Å². The predicted molar refractivity (Wildman–Crippen MR) is 66.6 cm³/mol. The second-order valence-electron chi connectivity index (χ2n) is 3.57. The first-order valence-corrected chi connectivity index (χ1v) is 5.54. The quantitative estimate of drug-likeness (QED) is 0.520. The van der Waals surface area contributed by atoms with Crippen LogP contribution in [-0.2, 0) is 9.47 Å². The minimum Gasteiger partial charge on any atom is -0.497 e. The molecule has 0 bridgehead atoms. The largest absolute Gasteiger partial charge is 0.497 e. The van der Waals surface area contributed by atoms with E-state index < -0.39 is 0 Å². The van der Waals surface area contributed by atoms with Gasteiger partial charge in [0.2, 0.25) is 0 Å². The van der Waals surface area contributed by atoms with Crippen LogP contribution in [0.3, 0.4) is 0 Å². The number of Topliss-reactive ketones (excluding diaryl/α,β-unsaturated/α-hetero) is 1. The number of benzene rings is 1. The van der Waals surface area contributed by atoms with E-state index in [-0.39, 0.29) is 12.4 Å². The first kappa shape index (κ1) is 14.5. The van der Waals surface area contributed by atoms with Crippen LogP contribution in [0.5, 0.6) is 11.5 Å². The Bertz CT molecular complexity index is 367. The van der Waals surface area contributed by atoms with Gasteiger partial charge < -0.3 is 18.9 Å². The van der Waals surface area contributed by atoms with Gasteiger partial charge >= 0.3 is 0 Å². The summed E-state index contributed by atoms with van der Waals surface area (Å²) in [6, 6.07) is 5.03. The van der Waals surface area contributed by atoms with Crippen LogP contribution in [0.4, 0.5) is 0 Å². The average molecular weight is 254 g/mol. The van der Waals surface area contributed by atoms with Crippen LogP contribution in [0.25, 0.3) is 0 Å². The van der Waals surface area contributed by atoms with Crippen LogP contribution < -0.4 is 9.47 Å². The van der Waals surface area contributed by atoms with Gasteiger partial charge in [0, 0.05) is 18.7 Å². The molecule has 0 aliphatic carbocycles.